The van der Waals surface area contributed by atoms with Gasteiger partial charge in [0.2, 0.25) is 0 Å². The number of carboxylic acids is 1. The highest BCUT2D eigenvalue weighted by Gasteiger charge is 2.37. The molecule has 1 aliphatic rings. The first-order valence-electron chi connectivity index (χ1n) is 7.08. The van der Waals surface area contributed by atoms with E-state index >= 15 is 0 Å². The molecule has 0 aromatic heterocycles. The fourth-order valence-corrected chi connectivity index (χ4v) is 3.31. The van der Waals surface area contributed by atoms with Crippen molar-refractivity contribution in [2.24, 2.45) is 0 Å². The molecule has 0 bridgehead atoms. The number of hydrogen-bond acceptors (Lipinski definition) is 2. The summed E-state index contributed by atoms with van der Waals surface area (Å²) in [6.07, 6.45) is 1.72. The van der Waals surface area contributed by atoms with Crippen LogP contribution in [0.25, 0.3) is 0 Å². The van der Waals surface area contributed by atoms with Gasteiger partial charge in [0.05, 0.1) is 0 Å². The van der Waals surface area contributed by atoms with Crippen LogP contribution in [0.2, 0.25) is 0 Å². The molecule has 3 nitrogen and oxygen atoms in total. The normalized spacial score (nSPS) is 25.4. The van der Waals surface area contributed by atoms with Crippen LogP contribution in [0, 0.1) is 6.92 Å². The number of aryl methyl sites for hydroxylation is 1. The average molecular weight is 261 g/mol. The standard InChI is InChI=1S/C16H23NO2/c1-4-15(16(18)19)17-10-13(9-12(17)3)14-8-6-5-7-11(14)2/h5-8,12-13,15H,4,9-10H2,1-3H3,(H,18,19)/t12-,13-,15-/m1/s1. The van der Waals surface area contributed by atoms with Gasteiger partial charge in [0.15, 0.2) is 0 Å². The molecule has 1 aromatic rings. The zero-order valence-electron chi connectivity index (χ0n) is 12.0. The van der Waals surface area contributed by atoms with Crippen LogP contribution in [-0.2, 0) is 4.79 Å². The summed E-state index contributed by atoms with van der Waals surface area (Å²) in [5.74, 6) is -0.232. The van der Waals surface area contributed by atoms with Gasteiger partial charge in [-0.25, -0.2) is 0 Å². The van der Waals surface area contributed by atoms with E-state index in [9.17, 15) is 9.90 Å². The summed E-state index contributed by atoms with van der Waals surface area (Å²) in [4.78, 5) is 13.5. The molecular formula is C16H23NO2. The summed E-state index contributed by atoms with van der Waals surface area (Å²) in [6, 6.07) is 8.44. The van der Waals surface area contributed by atoms with Crippen molar-refractivity contribution < 1.29 is 9.90 Å². The van der Waals surface area contributed by atoms with E-state index in [-0.39, 0.29) is 6.04 Å². The molecule has 104 valence electrons. The largest absolute Gasteiger partial charge is 0.480 e. The van der Waals surface area contributed by atoms with Gasteiger partial charge in [-0.3, -0.25) is 9.69 Å². The smallest absolute Gasteiger partial charge is 0.320 e. The second-order valence-electron chi connectivity index (χ2n) is 5.60. The molecule has 0 amide bonds. The Kier molecular flexibility index (Phi) is 4.25. The summed E-state index contributed by atoms with van der Waals surface area (Å²) < 4.78 is 0. The first-order chi connectivity index (χ1) is 9.04. The Morgan fingerprint density at radius 1 is 1.47 bits per heavy atom. The predicted octanol–water partition coefficient (Wildman–Crippen LogP) is 3.04. The number of carbonyl (C=O) groups is 1. The van der Waals surface area contributed by atoms with Crippen molar-refractivity contribution in [1.29, 1.82) is 0 Å². The third-order valence-electron chi connectivity index (χ3n) is 4.32. The predicted molar refractivity (Wildman–Crippen MR) is 76.4 cm³/mol. The van der Waals surface area contributed by atoms with E-state index in [1.807, 2.05) is 6.92 Å². The summed E-state index contributed by atoms with van der Waals surface area (Å²) in [7, 11) is 0. The second-order valence-corrected chi connectivity index (χ2v) is 5.60. The Labute approximate surface area is 115 Å². The maximum atomic E-state index is 11.3. The molecule has 0 spiro atoms. The van der Waals surface area contributed by atoms with Crippen LogP contribution in [0.4, 0.5) is 0 Å². The molecule has 1 N–H and O–H groups in total. The molecule has 2 rings (SSSR count). The molecular weight excluding hydrogens is 238 g/mol. The number of aliphatic carboxylic acids is 1. The van der Waals surface area contributed by atoms with Crippen LogP contribution < -0.4 is 0 Å². The van der Waals surface area contributed by atoms with E-state index < -0.39 is 5.97 Å². The third-order valence-corrected chi connectivity index (χ3v) is 4.32. The lowest BCUT2D eigenvalue weighted by Crippen LogP contribution is -2.42. The molecule has 0 saturated carbocycles. The molecule has 0 radical (unpaired) electrons. The maximum absolute atomic E-state index is 11.3. The Morgan fingerprint density at radius 2 is 2.16 bits per heavy atom. The molecule has 1 aliphatic heterocycles. The number of nitrogens with zero attached hydrogens (tertiary/aromatic N) is 1. The fraction of sp³-hybridized carbons (Fsp3) is 0.562. The lowest BCUT2D eigenvalue weighted by atomic mass is 9.93. The van der Waals surface area contributed by atoms with Gasteiger partial charge in [0, 0.05) is 12.6 Å². The lowest BCUT2D eigenvalue weighted by molar-refractivity contribution is -0.143. The zero-order valence-corrected chi connectivity index (χ0v) is 12.0. The van der Waals surface area contributed by atoms with Gasteiger partial charge in [0.25, 0.3) is 0 Å². The second kappa shape index (κ2) is 5.74. The quantitative estimate of drug-likeness (QED) is 0.905. The third kappa shape index (κ3) is 2.81. The molecule has 1 aromatic carbocycles. The molecule has 3 heteroatoms. The number of hydrogen-bond donors (Lipinski definition) is 1. The fourth-order valence-electron chi connectivity index (χ4n) is 3.31. The van der Waals surface area contributed by atoms with Crippen molar-refractivity contribution in [3.8, 4) is 0 Å². The number of rotatable bonds is 4. The van der Waals surface area contributed by atoms with Gasteiger partial charge in [-0.05, 0) is 43.7 Å². The summed E-state index contributed by atoms with van der Waals surface area (Å²) >= 11 is 0. The Hall–Kier alpha value is -1.35. The van der Waals surface area contributed by atoms with E-state index in [2.05, 4.69) is 43.0 Å². The molecule has 0 unspecified atom stereocenters. The van der Waals surface area contributed by atoms with Crippen LogP contribution >= 0.6 is 0 Å². The van der Waals surface area contributed by atoms with E-state index in [1.54, 1.807) is 0 Å². The highest BCUT2D eigenvalue weighted by Crippen LogP contribution is 2.34. The molecule has 19 heavy (non-hydrogen) atoms. The number of likely N-dealkylation sites (tertiary alicyclic amines) is 1. The van der Waals surface area contributed by atoms with Gasteiger partial charge in [-0.15, -0.1) is 0 Å². The van der Waals surface area contributed by atoms with E-state index in [1.165, 1.54) is 11.1 Å². The van der Waals surface area contributed by atoms with Crippen LogP contribution in [-0.4, -0.2) is 34.6 Å². The van der Waals surface area contributed by atoms with Gasteiger partial charge < -0.3 is 5.11 Å². The van der Waals surface area contributed by atoms with Gasteiger partial charge in [0.1, 0.15) is 6.04 Å². The first kappa shape index (κ1) is 14.1. The van der Waals surface area contributed by atoms with Gasteiger partial charge in [-0.1, -0.05) is 31.2 Å². The van der Waals surface area contributed by atoms with Crippen molar-refractivity contribution in [3.05, 3.63) is 35.4 Å². The van der Waals surface area contributed by atoms with Gasteiger partial charge >= 0.3 is 5.97 Å². The van der Waals surface area contributed by atoms with Crippen molar-refractivity contribution in [2.45, 2.75) is 51.6 Å². The highest BCUT2D eigenvalue weighted by molar-refractivity contribution is 5.73. The number of benzene rings is 1. The average Bonchev–Trinajstić information content (AvgIpc) is 2.72. The summed E-state index contributed by atoms with van der Waals surface area (Å²) in [6.45, 7) is 7.09. The zero-order chi connectivity index (χ0) is 14.0. The summed E-state index contributed by atoms with van der Waals surface area (Å²) in [5, 5.41) is 9.32. The van der Waals surface area contributed by atoms with Crippen molar-refractivity contribution in [3.63, 3.8) is 0 Å². The van der Waals surface area contributed by atoms with Crippen LogP contribution in [0.1, 0.15) is 43.7 Å². The minimum atomic E-state index is -0.695. The van der Waals surface area contributed by atoms with E-state index in [4.69, 9.17) is 0 Å². The highest BCUT2D eigenvalue weighted by atomic mass is 16.4. The first-order valence-corrected chi connectivity index (χ1v) is 7.08. The topological polar surface area (TPSA) is 40.5 Å². The Morgan fingerprint density at radius 3 is 2.74 bits per heavy atom. The van der Waals surface area contributed by atoms with Crippen molar-refractivity contribution in [2.75, 3.05) is 6.54 Å². The van der Waals surface area contributed by atoms with E-state index in [0.717, 1.165) is 13.0 Å². The molecule has 1 fully saturated rings. The minimum absolute atomic E-state index is 0.339. The minimum Gasteiger partial charge on any atom is -0.480 e. The maximum Gasteiger partial charge on any atom is 0.320 e. The Bertz CT molecular complexity index is 458. The van der Waals surface area contributed by atoms with Crippen molar-refractivity contribution >= 4 is 5.97 Å². The van der Waals surface area contributed by atoms with Crippen LogP contribution in [0.15, 0.2) is 24.3 Å². The van der Waals surface area contributed by atoms with Crippen LogP contribution in [0.5, 0.6) is 0 Å². The SMILES string of the molecule is CC[C@H](C(=O)O)N1C[C@H](c2ccccc2C)C[C@H]1C. The molecule has 0 aliphatic carbocycles. The summed E-state index contributed by atoms with van der Waals surface area (Å²) in [5.41, 5.74) is 2.68. The molecule has 3 atom stereocenters. The van der Waals surface area contributed by atoms with Crippen molar-refractivity contribution in [1.82, 2.24) is 4.90 Å². The van der Waals surface area contributed by atoms with Crippen LogP contribution in [0.3, 0.4) is 0 Å². The molecule has 1 heterocycles. The Balaban J connectivity index is 2.17. The number of carboxylic acid groups (broad SMARTS) is 1. The van der Waals surface area contributed by atoms with Gasteiger partial charge in [-0.2, -0.15) is 0 Å². The molecule has 1 saturated heterocycles. The lowest BCUT2D eigenvalue weighted by Gasteiger charge is -2.27. The van der Waals surface area contributed by atoms with E-state index in [0.29, 0.717) is 18.4 Å². The monoisotopic (exact) mass is 261 g/mol.